The van der Waals surface area contributed by atoms with Crippen LogP contribution in [0.4, 0.5) is 5.69 Å². The smallest absolute Gasteiger partial charge is 0.335 e. The maximum Gasteiger partial charge on any atom is 0.335 e. The number of carboxylic acids is 1. The fourth-order valence-corrected chi connectivity index (χ4v) is 2.68. The molecule has 0 fully saturated rings. The third-order valence-corrected chi connectivity index (χ3v) is 3.97. The first kappa shape index (κ1) is 16.9. The minimum atomic E-state index is -0.994. The van der Waals surface area contributed by atoms with Crippen molar-refractivity contribution in [3.05, 3.63) is 41.0 Å². The molecule has 122 valence electrons. The van der Waals surface area contributed by atoms with E-state index in [9.17, 15) is 14.4 Å². The van der Waals surface area contributed by atoms with Crippen molar-refractivity contribution in [3.8, 4) is 0 Å². The lowest BCUT2D eigenvalue weighted by molar-refractivity contribution is -0.121. The average Bonchev–Trinajstić information content (AvgIpc) is 2.53. The molecule has 23 heavy (non-hydrogen) atoms. The highest BCUT2D eigenvalue weighted by Gasteiger charge is 2.14. The lowest BCUT2D eigenvalue weighted by atomic mass is 9.94. The first-order chi connectivity index (χ1) is 11.0. The molecule has 0 heterocycles. The van der Waals surface area contributed by atoms with E-state index in [0.29, 0.717) is 11.3 Å². The molecule has 1 aliphatic rings. The number of carbonyl (C=O) groups is 3. The molecule has 0 saturated heterocycles. The lowest BCUT2D eigenvalue weighted by Gasteiger charge is -2.11. The van der Waals surface area contributed by atoms with Gasteiger partial charge in [-0.25, -0.2) is 4.79 Å². The SMILES string of the molecule is Cc1cc(NC(=O)CCC(=O)C2=CCCCC2)ccc1C(=O)O. The topological polar surface area (TPSA) is 83.5 Å². The zero-order valence-electron chi connectivity index (χ0n) is 13.2. The average molecular weight is 315 g/mol. The van der Waals surface area contributed by atoms with Crippen molar-refractivity contribution in [2.75, 3.05) is 5.32 Å². The second-order valence-electron chi connectivity index (χ2n) is 5.78. The fourth-order valence-electron chi connectivity index (χ4n) is 2.68. The Morgan fingerprint density at radius 1 is 1.17 bits per heavy atom. The summed E-state index contributed by atoms with van der Waals surface area (Å²) in [4.78, 5) is 34.9. The monoisotopic (exact) mass is 315 g/mol. The number of hydrogen-bond donors (Lipinski definition) is 2. The summed E-state index contributed by atoms with van der Waals surface area (Å²) < 4.78 is 0. The zero-order chi connectivity index (χ0) is 16.8. The van der Waals surface area contributed by atoms with Crippen molar-refractivity contribution in [2.24, 2.45) is 0 Å². The van der Waals surface area contributed by atoms with Gasteiger partial charge in [0, 0.05) is 18.5 Å². The van der Waals surface area contributed by atoms with E-state index in [1.165, 1.54) is 6.07 Å². The highest BCUT2D eigenvalue weighted by molar-refractivity contribution is 5.99. The largest absolute Gasteiger partial charge is 0.478 e. The molecule has 0 unspecified atom stereocenters. The van der Waals surface area contributed by atoms with Crippen LogP contribution in [0.3, 0.4) is 0 Å². The van der Waals surface area contributed by atoms with Gasteiger partial charge in [-0.3, -0.25) is 9.59 Å². The molecule has 1 amide bonds. The third-order valence-electron chi connectivity index (χ3n) is 3.97. The van der Waals surface area contributed by atoms with Crippen LogP contribution in [-0.2, 0) is 9.59 Å². The molecule has 0 bridgehead atoms. The van der Waals surface area contributed by atoms with Crippen LogP contribution >= 0.6 is 0 Å². The van der Waals surface area contributed by atoms with Crippen molar-refractivity contribution < 1.29 is 19.5 Å². The van der Waals surface area contributed by atoms with Crippen molar-refractivity contribution >= 4 is 23.3 Å². The molecule has 0 radical (unpaired) electrons. The second-order valence-corrected chi connectivity index (χ2v) is 5.78. The molecule has 0 aliphatic heterocycles. The quantitative estimate of drug-likeness (QED) is 0.842. The van der Waals surface area contributed by atoms with Gasteiger partial charge >= 0.3 is 5.97 Å². The fraction of sp³-hybridized carbons (Fsp3) is 0.389. The Morgan fingerprint density at radius 2 is 1.96 bits per heavy atom. The van der Waals surface area contributed by atoms with Crippen LogP contribution in [0, 0.1) is 6.92 Å². The van der Waals surface area contributed by atoms with Crippen LogP contribution in [0.15, 0.2) is 29.8 Å². The van der Waals surface area contributed by atoms with Crippen molar-refractivity contribution in [1.29, 1.82) is 0 Å². The molecule has 0 aromatic heterocycles. The molecule has 2 N–H and O–H groups in total. The summed E-state index contributed by atoms with van der Waals surface area (Å²) in [6.45, 7) is 1.68. The van der Waals surface area contributed by atoms with E-state index in [1.54, 1.807) is 19.1 Å². The number of nitrogens with one attached hydrogen (secondary N) is 1. The van der Waals surface area contributed by atoms with Crippen LogP contribution < -0.4 is 5.32 Å². The number of aryl methyl sites for hydroxylation is 1. The van der Waals surface area contributed by atoms with Crippen LogP contribution in [0.1, 0.15) is 54.4 Å². The van der Waals surface area contributed by atoms with Gasteiger partial charge in [-0.15, -0.1) is 0 Å². The Labute approximate surface area is 135 Å². The number of ketones is 1. The molecular formula is C18H21NO4. The molecule has 0 saturated carbocycles. The Hall–Kier alpha value is -2.43. The molecule has 1 aromatic rings. The Morgan fingerprint density at radius 3 is 2.57 bits per heavy atom. The summed E-state index contributed by atoms with van der Waals surface area (Å²) in [5.41, 5.74) is 2.19. The van der Waals surface area contributed by atoms with Gasteiger partial charge in [-0.1, -0.05) is 6.08 Å². The predicted molar refractivity (Wildman–Crippen MR) is 87.6 cm³/mol. The minimum Gasteiger partial charge on any atom is -0.478 e. The highest BCUT2D eigenvalue weighted by atomic mass is 16.4. The molecule has 5 nitrogen and oxygen atoms in total. The van der Waals surface area contributed by atoms with Gasteiger partial charge in [-0.2, -0.15) is 0 Å². The molecule has 0 spiro atoms. The number of rotatable bonds is 6. The summed E-state index contributed by atoms with van der Waals surface area (Å²) in [7, 11) is 0. The van der Waals surface area contributed by atoms with E-state index < -0.39 is 5.97 Å². The van der Waals surface area contributed by atoms with Crippen molar-refractivity contribution in [2.45, 2.75) is 45.4 Å². The molecule has 5 heteroatoms. The maximum absolute atomic E-state index is 12.0. The number of aromatic carboxylic acids is 1. The van der Waals surface area contributed by atoms with E-state index in [-0.39, 0.29) is 30.1 Å². The third kappa shape index (κ3) is 4.77. The number of hydrogen-bond acceptors (Lipinski definition) is 3. The number of allylic oxidation sites excluding steroid dienone is 2. The standard InChI is InChI=1S/C18H21NO4/c1-12-11-14(7-8-15(12)18(22)23)19-17(21)10-9-16(20)13-5-3-2-4-6-13/h5,7-8,11H,2-4,6,9-10H2,1H3,(H,19,21)(H,22,23). The van der Waals surface area contributed by atoms with E-state index in [2.05, 4.69) is 5.32 Å². The lowest BCUT2D eigenvalue weighted by Crippen LogP contribution is -2.15. The van der Waals surface area contributed by atoms with E-state index in [4.69, 9.17) is 5.11 Å². The van der Waals surface area contributed by atoms with Gasteiger partial charge in [0.15, 0.2) is 5.78 Å². The maximum atomic E-state index is 12.0. The molecule has 1 aromatic carbocycles. The zero-order valence-corrected chi connectivity index (χ0v) is 13.2. The molecule has 2 rings (SSSR count). The minimum absolute atomic E-state index is 0.0530. The van der Waals surface area contributed by atoms with Gasteiger partial charge in [0.05, 0.1) is 5.56 Å². The second kappa shape index (κ2) is 7.72. The van der Waals surface area contributed by atoms with Gasteiger partial charge in [0.1, 0.15) is 0 Å². The number of Topliss-reactive ketones (excluding diaryl/α,β-unsaturated/α-hetero) is 1. The van der Waals surface area contributed by atoms with Gasteiger partial charge in [0.2, 0.25) is 5.91 Å². The van der Waals surface area contributed by atoms with E-state index >= 15 is 0 Å². The van der Waals surface area contributed by atoms with Crippen LogP contribution in [-0.4, -0.2) is 22.8 Å². The Balaban J connectivity index is 1.87. The Kier molecular flexibility index (Phi) is 5.68. The number of amides is 1. The summed E-state index contributed by atoms with van der Waals surface area (Å²) in [5.74, 6) is -1.18. The number of benzene rings is 1. The number of carboxylic acid groups (broad SMARTS) is 1. The summed E-state index contributed by atoms with van der Waals surface area (Å²) in [5, 5.41) is 11.7. The van der Waals surface area contributed by atoms with Gasteiger partial charge in [0.25, 0.3) is 0 Å². The number of carbonyl (C=O) groups excluding carboxylic acids is 2. The summed E-state index contributed by atoms with van der Waals surface area (Å²) in [6, 6.07) is 4.64. The van der Waals surface area contributed by atoms with Gasteiger partial charge in [-0.05, 0) is 61.9 Å². The van der Waals surface area contributed by atoms with Crippen LogP contribution in [0.5, 0.6) is 0 Å². The first-order valence-electron chi connectivity index (χ1n) is 7.83. The summed E-state index contributed by atoms with van der Waals surface area (Å²) >= 11 is 0. The molecular weight excluding hydrogens is 294 g/mol. The molecule has 1 aliphatic carbocycles. The Bertz CT molecular complexity index is 661. The van der Waals surface area contributed by atoms with Crippen LogP contribution in [0.2, 0.25) is 0 Å². The normalized spacial score (nSPS) is 14.0. The van der Waals surface area contributed by atoms with E-state index in [0.717, 1.165) is 31.3 Å². The number of anilines is 1. The van der Waals surface area contributed by atoms with Crippen molar-refractivity contribution in [3.63, 3.8) is 0 Å². The highest BCUT2D eigenvalue weighted by Crippen LogP contribution is 2.20. The first-order valence-corrected chi connectivity index (χ1v) is 7.83. The van der Waals surface area contributed by atoms with Gasteiger partial charge < -0.3 is 10.4 Å². The summed E-state index contributed by atoms with van der Waals surface area (Å²) in [6.07, 6.45) is 6.26. The van der Waals surface area contributed by atoms with Crippen LogP contribution in [0.25, 0.3) is 0 Å². The predicted octanol–water partition coefficient (Wildman–Crippen LogP) is 3.48. The van der Waals surface area contributed by atoms with Crippen molar-refractivity contribution in [1.82, 2.24) is 0 Å². The van der Waals surface area contributed by atoms with E-state index in [1.807, 2.05) is 6.08 Å². The molecule has 0 atom stereocenters.